The molecule has 12 aromatic rings. The molecule has 0 spiro atoms. The van der Waals surface area contributed by atoms with Gasteiger partial charge in [-0.15, -0.1) is 90.7 Å². The minimum atomic E-state index is -1.95. The van der Waals surface area contributed by atoms with E-state index in [0.717, 1.165) is 27.4 Å². The van der Waals surface area contributed by atoms with Crippen LogP contribution >= 0.6 is 193 Å². The van der Waals surface area contributed by atoms with Crippen LogP contribution in [0.25, 0.3) is 80.0 Å². The fraction of sp³-hybridized carbons (Fsp3) is 0.208. The summed E-state index contributed by atoms with van der Waals surface area (Å²) in [4.78, 5) is 40.3. The average molecular weight is 1550 g/mol. The standard InChI is InChI=1S/C25H17BrOS5.C13H11S2.C8H4Br2OS2.C4H2Br2S.3CH3.Sn/c1-10-14-7-19(17-5-6-21(26)29-17)31-22(14)11(2)15-8-20(32-23(10)15)25-16-9-18(12(3)27)30-24(16)13(4)28-25;1-7-6-11-9(3)12-10(4-5-14-12)8(2)13(11)15-7;1-3(11)5-2-4-6(12-5)8(10)13-7(4)9;5-3-1-2-4(6)7-3;;;;/h5-9H,1-4H3;4,6H,1-3H3;2H,1H3;1-2H;3*1H3;. The van der Waals surface area contributed by atoms with Crippen molar-refractivity contribution in [3.63, 3.8) is 0 Å². The van der Waals surface area contributed by atoms with E-state index in [1.54, 1.807) is 62.1 Å². The van der Waals surface area contributed by atoms with Crippen molar-refractivity contribution in [3.05, 3.63) is 121 Å². The molecule has 366 valence electrons. The summed E-state index contributed by atoms with van der Waals surface area (Å²) in [5.74, 6) is 0.281. The summed E-state index contributed by atoms with van der Waals surface area (Å²) in [5.41, 5.74) is 5.72. The molecule has 0 bridgehead atoms. The van der Waals surface area contributed by atoms with Crippen molar-refractivity contribution in [1.29, 1.82) is 0 Å². The van der Waals surface area contributed by atoms with Gasteiger partial charge in [0.05, 0.1) is 38.3 Å². The topological polar surface area (TPSA) is 34.1 Å². The van der Waals surface area contributed by atoms with E-state index in [9.17, 15) is 9.59 Å². The van der Waals surface area contributed by atoms with Crippen LogP contribution in [0.1, 0.15) is 65.2 Å². The van der Waals surface area contributed by atoms with Crippen LogP contribution in [0.3, 0.4) is 0 Å². The molecule has 0 fully saturated rings. The zero-order valence-corrected chi connectivity index (χ0v) is 59.0. The maximum absolute atomic E-state index is 12.0. The monoisotopic (exact) mass is 1550 g/mol. The Labute approximate surface area is 499 Å². The molecular weight excluding hydrogens is 1510 g/mol. The van der Waals surface area contributed by atoms with Gasteiger partial charge in [-0.25, -0.2) is 0 Å². The summed E-state index contributed by atoms with van der Waals surface area (Å²) in [6.45, 7) is 16.8. The SMILES string of the molecule is Brc1ccc(Br)s1.CC(=O)c1cc2c(-c3cc4c(C)c5sc(-c6ccc(Br)s6)cc5c(C)c4s3)sc(C)c2s1.CC(=O)c1cc2c(Br)sc(Br)c2s1.Cc1cc2c(C)c3s[c]([Sn]([CH3])([CH3])[CH3])cc3c(C)c2s1. The van der Waals surface area contributed by atoms with Crippen LogP contribution in [0.5, 0.6) is 0 Å². The molecule has 10 heterocycles. The van der Waals surface area contributed by atoms with Crippen LogP contribution in [0, 0.1) is 41.5 Å². The fourth-order valence-electron chi connectivity index (χ4n) is 8.22. The van der Waals surface area contributed by atoms with Crippen molar-refractivity contribution in [2.24, 2.45) is 0 Å². The predicted molar refractivity (Wildman–Crippen MR) is 350 cm³/mol. The number of carbonyl (C=O) groups excluding carboxylic acids is 2. The minimum absolute atomic E-state index is 0.130. The van der Waals surface area contributed by atoms with E-state index in [1.807, 2.05) is 63.5 Å². The van der Waals surface area contributed by atoms with Gasteiger partial charge in [-0.3, -0.25) is 9.59 Å². The van der Waals surface area contributed by atoms with E-state index in [0.29, 0.717) is 0 Å². The van der Waals surface area contributed by atoms with Crippen molar-refractivity contribution in [2.75, 3.05) is 0 Å². The molecule has 0 aliphatic rings. The number of rotatable bonds is 5. The van der Waals surface area contributed by atoms with Gasteiger partial charge in [-0.05, 0) is 185 Å². The number of Topliss-reactive ketones (excluding diaryl/α,β-unsaturated/α-hetero) is 2. The van der Waals surface area contributed by atoms with Gasteiger partial charge in [0.25, 0.3) is 0 Å². The molecule has 10 aromatic heterocycles. The first-order valence-corrected chi connectivity index (χ1v) is 44.1. The number of benzene rings is 2. The normalized spacial score (nSPS) is 11.8. The molecule has 0 radical (unpaired) electrons. The third kappa shape index (κ3) is 11.3. The molecule has 18 heteroatoms. The molecule has 71 heavy (non-hydrogen) atoms. The molecule has 2 aromatic carbocycles. The molecule has 0 unspecified atom stereocenters. The number of carbonyl (C=O) groups is 2. The molecule has 0 aliphatic heterocycles. The Morgan fingerprint density at radius 1 is 0.408 bits per heavy atom. The van der Waals surface area contributed by atoms with Crippen LogP contribution in [0.15, 0.2) is 79.6 Å². The zero-order valence-electron chi connectivity index (χ0n) is 40.1. The van der Waals surface area contributed by atoms with Crippen LogP contribution < -0.4 is 2.89 Å². The molecule has 0 atom stereocenters. The van der Waals surface area contributed by atoms with Crippen LogP contribution in [-0.2, 0) is 0 Å². The summed E-state index contributed by atoms with van der Waals surface area (Å²) >= 11 is 33.2. The van der Waals surface area contributed by atoms with E-state index < -0.39 is 18.4 Å². The second-order valence-electron chi connectivity index (χ2n) is 18.0. The first-order chi connectivity index (χ1) is 33.5. The van der Waals surface area contributed by atoms with Gasteiger partial charge < -0.3 is 0 Å². The number of fused-ring (bicyclic) bond motifs is 6. The molecule has 0 amide bonds. The Hall–Kier alpha value is -0.461. The van der Waals surface area contributed by atoms with Crippen LogP contribution in [0.4, 0.5) is 0 Å². The van der Waals surface area contributed by atoms with Crippen molar-refractivity contribution in [1.82, 2.24) is 0 Å². The van der Waals surface area contributed by atoms with Gasteiger partial charge in [0.15, 0.2) is 11.6 Å². The summed E-state index contributed by atoms with van der Waals surface area (Å²) in [6.07, 6.45) is 0. The first kappa shape index (κ1) is 55.3. The number of hydrogen-bond acceptors (Lipinski definition) is 12. The van der Waals surface area contributed by atoms with Crippen molar-refractivity contribution in [2.45, 2.75) is 70.2 Å². The Balaban J connectivity index is 0.000000135. The van der Waals surface area contributed by atoms with E-state index in [1.165, 1.54) is 125 Å². The number of halogens is 5. The Bertz CT molecular complexity index is 3870. The number of thiophene rings is 10. The number of hydrogen-bond donors (Lipinski definition) is 0. The van der Waals surface area contributed by atoms with E-state index in [4.69, 9.17) is 0 Å². The van der Waals surface area contributed by atoms with Crippen LogP contribution in [0.2, 0.25) is 14.8 Å². The summed E-state index contributed by atoms with van der Waals surface area (Å²) in [7, 11) is 0. The van der Waals surface area contributed by atoms with E-state index in [2.05, 4.69) is 190 Å². The van der Waals surface area contributed by atoms with Gasteiger partial charge in [0.1, 0.15) is 0 Å². The summed E-state index contributed by atoms with van der Waals surface area (Å²) in [6, 6.07) is 22.0. The third-order valence-electron chi connectivity index (χ3n) is 11.9. The van der Waals surface area contributed by atoms with Gasteiger partial charge in [0.2, 0.25) is 0 Å². The summed E-state index contributed by atoms with van der Waals surface area (Å²) in [5, 5.41) is 8.08. The summed E-state index contributed by atoms with van der Waals surface area (Å²) < 4.78 is 15.6. The molecule has 2 nitrogen and oxygen atoms in total. The van der Waals surface area contributed by atoms with Crippen molar-refractivity contribution >= 4 is 286 Å². The molecule has 12 rings (SSSR count). The number of ketones is 2. The van der Waals surface area contributed by atoms with Gasteiger partial charge in [-0.2, -0.15) is 0 Å². The van der Waals surface area contributed by atoms with Gasteiger partial charge >= 0.3 is 128 Å². The molecule has 0 N–H and O–H groups in total. The second kappa shape index (κ2) is 22.1. The quantitative estimate of drug-likeness (QED) is 0.127. The average Bonchev–Trinajstić information content (AvgIpc) is 4.15. The second-order valence-corrected chi connectivity index (χ2v) is 51.1. The van der Waals surface area contributed by atoms with Gasteiger partial charge in [0, 0.05) is 44.4 Å². The molecular formula is C53H43Br5O2S10Sn. The van der Waals surface area contributed by atoms with Gasteiger partial charge in [-0.1, -0.05) is 0 Å². The van der Waals surface area contributed by atoms with E-state index in [-0.39, 0.29) is 11.6 Å². The zero-order chi connectivity index (χ0) is 51.1. The Morgan fingerprint density at radius 3 is 1.41 bits per heavy atom. The van der Waals surface area contributed by atoms with E-state index >= 15 is 0 Å². The molecule has 0 saturated heterocycles. The van der Waals surface area contributed by atoms with Crippen LogP contribution in [-0.4, -0.2) is 29.9 Å². The fourth-order valence-corrected chi connectivity index (χ4v) is 28.9. The first-order valence-electron chi connectivity index (χ1n) is 22.0. The maximum atomic E-state index is 12.0. The van der Waals surface area contributed by atoms with Crippen molar-refractivity contribution in [3.8, 4) is 19.5 Å². The van der Waals surface area contributed by atoms with Crippen molar-refractivity contribution < 1.29 is 9.59 Å². The third-order valence-corrected chi connectivity index (χ3v) is 37.2. The molecule has 0 saturated carbocycles. The number of aryl methyl sites for hydroxylation is 6. The Morgan fingerprint density at radius 2 is 0.887 bits per heavy atom. The molecule has 0 aliphatic carbocycles. The predicted octanol–water partition coefficient (Wildman–Crippen LogP) is 24.2. The Kier molecular flexibility index (Phi) is 17.2.